The molecule has 0 amide bonds. The number of hydrogen-bond acceptors (Lipinski definition) is 5. The summed E-state index contributed by atoms with van der Waals surface area (Å²) in [4.78, 5) is 6.18. The topological polar surface area (TPSA) is 76.5 Å². The maximum Gasteiger partial charge on any atom is 0.259 e. The van der Waals surface area contributed by atoms with E-state index in [1.807, 2.05) is 24.3 Å². The van der Waals surface area contributed by atoms with E-state index in [0.717, 1.165) is 30.0 Å². The summed E-state index contributed by atoms with van der Waals surface area (Å²) in [6, 6.07) is 11.7. The Hall–Kier alpha value is -2.46. The highest BCUT2D eigenvalue weighted by Gasteiger charge is 2.35. The minimum Gasteiger partial charge on any atom is -0.494 e. The normalized spacial score (nSPS) is 19.2. The fourth-order valence-corrected chi connectivity index (χ4v) is 5.79. The van der Waals surface area contributed by atoms with Gasteiger partial charge in [0.1, 0.15) is 0 Å². The largest absolute Gasteiger partial charge is 0.494 e. The Kier molecular flexibility index (Phi) is 8.34. The van der Waals surface area contributed by atoms with Crippen molar-refractivity contribution in [2.75, 3.05) is 33.8 Å². The molecule has 194 valence electrons. The summed E-state index contributed by atoms with van der Waals surface area (Å²) >= 11 is 6.17. The highest BCUT2D eigenvalue weighted by Crippen LogP contribution is 2.43. The zero-order valence-corrected chi connectivity index (χ0v) is 22.3. The van der Waals surface area contributed by atoms with Gasteiger partial charge in [-0.25, -0.2) is 22.5 Å². The zero-order chi connectivity index (χ0) is 25.9. The molecule has 2 heterocycles. The van der Waals surface area contributed by atoms with Crippen LogP contribution in [0.5, 0.6) is 5.75 Å². The molecule has 1 aliphatic carbocycles. The first kappa shape index (κ1) is 26.6. The first-order valence-electron chi connectivity index (χ1n) is 11.9. The van der Waals surface area contributed by atoms with Gasteiger partial charge >= 0.3 is 0 Å². The molecule has 3 aromatic rings. The second-order valence-corrected chi connectivity index (χ2v) is 11.6. The summed E-state index contributed by atoms with van der Waals surface area (Å²) < 4.78 is 45.2. The van der Waals surface area contributed by atoms with Crippen LogP contribution in [0.4, 0.5) is 4.39 Å². The van der Waals surface area contributed by atoms with Gasteiger partial charge in [0, 0.05) is 24.8 Å². The van der Waals surface area contributed by atoms with Crippen molar-refractivity contribution in [3.63, 3.8) is 0 Å². The van der Waals surface area contributed by atoms with Crippen LogP contribution < -0.4 is 9.46 Å². The predicted octanol–water partition coefficient (Wildman–Crippen LogP) is 4.02. The van der Waals surface area contributed by atoms with Crippen molar-refractivity contribution < 1.29 is 17.5 Å². The number of aromatic nitrogens is 2. The Morgan fingerprint density at radius 3 is 2.61 bits per heavy atom. The molecule has 2 aromatic carbocycles. The number of nitrogens with zero attached hydrogens (tertiary/aromatic N) is 3. The number of nitrogens with one attached hydrogen (secondary N) is 1. The highest BCUT2D eigenvalue weighted by atomic mass is 35.5. The van der Waals surface area contributed by atoms with Gasteiger partial charge in [-0.2, -0.15) is 0 Å². The van der Waals surface area contributed by atoms with Gasteiger partial charge in [0.2, 0.25) is 0 Å². The van der Waals surface area contributed by atoms with E-state index in [4.69, 9.17) is 16.3 Å². The molecule has 0 saturated carbocycles. The zero-order valence-electron chi connectivity index (χ0n) is 20.7. The molecule has 10 heteroatoms. The first-order valence-corrected chi connectivity index (χ1v) is 13.8. The van der Waals surface area contributed by atoms with E-state index >= 15 is 0 Å². The second-order valence-electron chi connectivity index (χ2n) is 9.33. The molecule has 1 N–H and O–H groups in total. The standard InChI is InChI=1S/C21H23ClFNO.C5H9N3O2S/c1-25-21-12-19-15(11-20(21)23)10-16(13-24-6-3-7-24)18(19)9-14-4-2-5-17(22)8-14;1-6-11(9,10)5-3-8(2)4-7-5/h2,4-5,8,11-12,16,18H,3,6-7,9-10,13H2,1H3;3-4,6H,1-2H3. The maximum absolute atomic E-state index is 14.2. The molecule has 1 aliphatic heterocycles. The van der Waals surface area contributed by atoms with Gasteiger partial charge in [0.15, 0.2) is 16.6 Å². The summed E-state index contributed by atoms with van der Waals surface area (Å²) in [6.45, 7) is 3.46. The Balaban J connectivity index is 0.000000233. The Bertz CT molecular complexity index is 1310. The van der Waals surface area contributed by atoms with E-state index in [-0.39, 0.29) is 10.8 Å². The van der Waals surface area contributed by atoms with E-state index in [0.29, 0.717) is 17.6 Å². The van der Waals surface area contributed by atoms with Gasteiger partial charge in [-0.05, 0) is 92.2 Å². The number of sulfonamides is 1. The van der Waals surface area contributed by atoms with Crippen molar-refractivity contribution in [1.82, 2.24) is 19.2 Å². The van der Waals surface area contributed by atoms with Crippen LogP contribution in [0.15, 0.2) is 53.9 Å². The van der Waals surface area contributed by atoms with Crippen molar-refractivity contribution in [2.24, 2.45) is 13.0 Å². The lowest BCUT2D eigenvalue weighted by Crippen LogP contribution is -2.41. The third-order valence-electron chi connectivity index (χ3n) is 6.88. The van der Waals surface area contributed by atoms with Crippen molar-refractivity contribution in [1.29, 1.82) is 0 Å². The molecular formula is C26H32ClFN4O3S. The SMILES string of the molecule is CNS(=O)(=O)c1cn(C)cn1.COc1cc2c(cc1F)CC(CN1CCC1)C2Cc1cccc(Cl)c1. The molecule has 36 heavy (non-hydrogen) atoms. The monoisotopic (exact) mass is 534 g/mol. The number of rotatable bonds is 7. The molecule has 0 spiro atoms. The van der Waals surface area contributed by atoms with E-state index < -0.39 is 10.0 Å². The van der Waals surface area contributed by atoms with Gasteiger partial charge in [-0.3, -0.25) is 0 Å². The van der Waals surface area contributed by atoms with Crippen LogP contribution in [0.2, 0.25) is 5.02 Å². The van der Waals surface area contributed by atoms with E-state index in [2.05, 4.69) is 20.7 Å². The fraction of sp³-hybridized carbons (Fsp3) is 0.423. The summed E-state index contributed by atoms with van der Waals surface area (Å²) in [5.41, 5.74) is 3.61. The lowest BCUT2D eigenvalue weighted by atomic mass is 9.86. The van der Waals surface area contributed by atoms with Gasteiger partial charge < -0.3 is 14.2 Å². The molecule has 7 nitrogen and oxygen atoms in total. The molecular weight excluding hydrogens is 503 g/mol. The Morgan fingerprint density at radius 2 is 2.03 bits per heavy atom. The number of likely N-dealkylation sites (tertiary alicyclic amines) is 1. The van der Waals surface area contributed by atoms with Crippen LogP contribution in [0.3, 0.4) is 0 Å². The van der Waals surface area contributed by atoms with Crippen LogP contribution >= 0.6 is 11.6 Å². The number of halogens is 2. The van der Waals surface area contributed by atoms with Crippen molar-refractivity contribution in [3.8, 4) is 5.75 Å². The lowest BCUT2D eigenvalue weighted by Gasteiger charge is -2.35. The molecule has 2 unspecified atom stereocenters. The first-order chi connectivity index (χ1) is 17.2. The number of ether oxygens (including phenoxy) is 1. The average Bonchev–Trinajstić information content (AvgIpc) is 3.40. The van der Waals surface area contributed by atoms with Crippen molar-refractivity contribution in [2.45, 2.75) is 30.2 Å². The molecule has 1 fully saturated rings. The van der Waals surface area contributed by atoms with Gasteiger partial charge in [0.05, 0.1) is 13.4 Å². The Morgan fingerprint density at radius 1 is 1.25 bits per heavy atom. The van der Waals surface area contributed by atoms with Crippen LogP contribution in [-0.4, -0.2) is 56.7 Å². The van der Waals surface area contributed by atoms with Crippen LogP contribution in [0.25, 0.3) is 0 Å². The molecule has 2 atom stereocenters. The van der Waals surface area contributed by atoms with Gasteiger partial charge in [-0.15, -0.1) is 0 Å². The highest BCUT2D eigenvalue weighted by molar-refractivity contribution is 7.89. The number of fused-ring (bicyclic) bond motifs is 1. The number of benzene rings is 2. The quantitative estimate of drug-likeness (QED) is 0.495. The summed E-state index contributed by atoms with van der Waals surface area (Å²) in [5, 5.41) is 0.814. The molecule has 1 aromatic heterocycles. The fourth-order valence-electron chi connectivity index (χ4n) is 4.88. The Labute approximate surface area is 217 Å². The van der Waals surface area contributed by atoms with E-state index in [1.54, 1.807) is 17.7 Å². The minimum atomic E-state index is -3.36. The lowest BCUT2D eigenvalue weighted by molar-refractivity contribution is 0.145. The van der Waals surface area contributed by atoms with Gasteiger partial charge in [0.25, 0.3) is 10.0 Å². The number of imidazole rings is 1. The molecule has 0 radical (unpaired) electrons. The summed E-state index contributed by atoms with van der Waals surface area (Å²) in [5.74, 6) is 0.983. The minimum absolute atomic E-state index is 0.0440. The number of hydrogen-bond donors (Lipinski definition) is 1. The van der Waals surface area contributed by atoms with Crippen LogP contribution in [0.1, 0.15) is 29.0 Å². The number of methoxy groups -OCH3 is 1. The molecule has 5 rings (SSSR count). The summed E-state index contributed by atoms with van der Waals surface area (Å²) in [6.07, 6.45) is 6.04. The van der Waals surface area contributed by atoms with E-state index in [9.17, 15) is 12.8 Å². The average molecular weight is 535 g/mol. The smallest absolute Gasteiger partial charge is 0.259 e. The second kappa shape index (κ2) is 11.3. The van der Waals surface area contributed by atoms with Crippen LogP contribution in [0, 0.1) is 11.7 Å². The maximum atomic E-state index is 14.2. The predicted molar refractivity (Wildman–Crippen MR) is 139 cm³/mol. The van der Waals surface area contributed by atoms with Gasteiger partial charge in [-0.1, -0.05) is 23.7 Å². The third-order valence-corrected chi connectivity index (χ3v) is 8.41. The number of aryl methyl sites for hydroxylation is 1. The molecule has 1 saturated heterocycles. The van der Waals surface area contributed by atoms with Crippen molar-refractivity contribution in [3.05, 3.63) is 76.5 Å². The molecule has 2 aliphatic rings. The van der Waals surface area contributed by atoms with Crippen molar-refractivity contribution >= 4 is 21.6 Å². The summed E-state index contributed by atoms with van der Waals surface area (Å²) in [7, 11) is 1.23. The third kappa shape index (κ3) is 6.08. The van der Waals surface area contributed by atoms with Crippen LogP contribution in [-0.2, 0) is 29.9 Å². The van der Waals surface area contributed by atoms with E-state index in [1.165, 1.54) is 57.3 Å². The molecule has 0 bridgehead atoms.